The van der Waals surface area contributed by atoms with Gasteiger partial charge in [0.2, 0.25) is 0 Å². The Morgan fingerprint density at radius 3 is 2.74 bits per heavy atom. The van der Waals surface area contributed by atoms with Crippen molar-refractivity contribution in [1.82, 2.24) is 29.0 Å². The van der Waals surface area contributed by atoms with E-state index in [-0.39, 0.29) is 48.5 Å². The zero-order valence-corrected chi connectivity index (χ0v) is 23.4. The Hall–Kier alpha value is -2.98. The molecule has 38 heavy (non-hydrogen) atoms. The molecule has 2 atom stereocenters. The molecule has 1 unspecified atom stereocenters. The summed E-state index contributed by atoms with van der Waals surface area (Å²) in [6.07, 6.45) is 5.78. The van der Waals surface area contributed by atoms with Crippen molar-refractivity contribution in [2.45, 2.75) is 58.9 Å². The van der Waals surface area contributed by atoms with E-state index in [1.807, 2.05) is 45.2 Å². The summed E-state index contributed by atoms with van der Waals surface area (Å²) in [6, 6.07) is 7.19. The Morgan fingerprint density at radius 2 is 2.00 bits per heavy atom. The molecule has 1 saturated heterocycles. The lowest BCUT2D eigenvalue weighted by Crippen LogP contribution is -2.44. The highest BCUT2D eigenvalue weighted by Gasteiger charge is 2.23. The molecular formula is C27H32Cl2N6O3. The highest BCUT2D eigenvalue weighted by molar-refractivity contribution is 6.31. The first-order valence-corrected chi connectivity index (χ1v) is 12.9. The molecule has 0 bridgehead atoms. The van der Waals surface area contributed by atoms with E-state index in [2.05, 4.69) is 22.3 Å². The van der Waals surface area contributed by atoms with E-state index in [1.54, 1.807) is 15.3 Å². The number of ether oxygens (including phenoxy) is 1. The van der Waals surface area contributed by atoms with Gasteiger partial charge in [0.25, 0.3) is 5.56 Å². The maximum atomic E-state index is 12.9. The maximum absolute atomic E-state index is 12.9. The number of morpholine rings is 1. The fourth-order valence-corrected chi connectivity index (χ4v) is 5.28. The summed E-state index contributed by atoms with van der Waals surface area (Å²) in [5.74, 6) is 0. The highest BCUT2D eigenvalue weighted by Crippen LogP contribution is 2.33. The number of aromatic nitrogens is 5. The van der Waals surface area contributed by atoms with Crippen LogP contribution in [0.3, 0.4) is 0 Å². The number of nitrogens with zero attached hydrogens (tertiary/aromatic N) is 5. The third kappa shape index (κ3) is 5.56. The largest absolute Gasteiger partial charge is 0.372 e. The molecule has 1 N–H and O–H groups in total. The van der Waals surface area contributed by atoms with Crippen LogP contribution in [0.5, 0.6) is 0 Å². The topological polar surface area (TPSA) is 95.5 Å². The van der Waals surface area contributed by atoms with Crippen molar-refractivity contribution in [1.29, 1.82) is 0 Å². The molecule has 1 aliphatic heterocycles. The zero-order chi connectivity index (χ0) is 26.3. The number of rotatable bonds is 6. The van der Waals surface area contributed by atoms with Crippen molar-refractivity contribution < 1.29 is 4.74 Å². The minimum Gasteiger partial charge on any atom is -0.372 e. The number of benzene rings is 1. The van der Waals surface area contributed by atoms with Crippen LogP contribution in [0, 0.1) is 6.92 Å². The van der Waals surface area contributed by atoms with Gasteiger partial charge in [-0.05, 0) is 62.6 Å². The predicted molar refractivity (Wildman–Crippen MR) is 151 cm³/mol. The number of aryl methyl sites for hydroxylation is 1. The Morgan fingerprint density at radius 1 is 1.21 bits per heavy atom. The summed E-state index contributed by atoms with van der Waals surface area (Å²) < 4.78 is 10.7. The first-order valence-electron chi connectivity index (χ1n) is 12.5. The average molecular weight is 559 g/mol. The second-order valence-electron chi connectivity index (χ2n) is 9.99. The number of fused-ring (bicyclic) bond motifs is 1. The third-order valence-corrected chi connectivity index (χ3v) is 7.03. The molecule has 202 valence electrons. The quantitative estimate of drug-likeness (QED) is 0.388. The van der Waals surface area contributed by atoms with Gasteiger partial charge in [-0.2, -0.15) is 5.10 Å². The van der Waals surface area contributed by atoms with Crippen molar-refractivity contribution in [3.63, 3.8) is 0 Å². The van der Waals surface area contributed by atoms with Crippen LogP contribution in [-0.2, 0) is 17.7 Å². The SMILES string of the molecule is Cc1cc(Cl)cc(-c2ncnn3cc(Cn4c(=O)ccn(C(C)C)c4=O)cc23)c1CC1CNC[C@H](C)O1.Cl. The molecule has 0 amide bonds. The molecule has 5 rings (SSSR count). The molecule has 0 spiro atoms. The molecule has 0 radical (unpaired) electrons. The minimum absolute atomic E-state index is 0. The van der Waals surface area contributed by atoms with E-state index in [0.717, 1.165) is 46.6 Å². The van der Waals surface area contributed by atoms with Gasteiger partial charge in [-0.3, -0.25) is 13.9 Å². The summed E-state index contributed by atoms with van der Waals surface area (Å²) in [5.41, 5.74) is 4.70. The Bertz CT molecular complexity index is 1580. The number of hydrogen-bond donors (Lipinski definition) is 1. The first kappa shape index (κ1) is 28.0. The lowest BCUT2D eigenvalue weighted by atomic mass is 9.93. The van der Waals surface area contributed by atoms with Crippen LogP contribution in [0.25, 0.3) is 16.8 Å². The van der Waals surface area contributed by atoms with Crippen LogP contribution < -0.4 is 16.6 Å². The van der Waals surface area contributed by atoms with E-state index in [9.17, 15) is 9.59 Å². The molecule has 3 aromatic heterocycles. The summed E-state index contributed by atoms with van der Waals surface area (Å²) in [5, 5.41) is 8.45. The molecule has 1 aliphatic rings. The molecule has 9 nitrogen and oxygen atoms in total. The monoisotopic (exact) mass is 558 g/mol. The smallest absolute Gasteiger partial charge is 0.331 e. The van der Waals surface area contributed by atoms with Crippen molar-refractivity contribution in [2.75, 3.05) is 13.1 Å². The van der Waals surface area contributed by atoms with Crippen molar-refractivity contribution in [3.05, 3.63) is 85.5 Å². The van der Waals surface area contributed by atoms with Crippen LogP contribution in [0.2, 0.25) is 5.02 Å². The molecule has 0 aliphatic carbocycles. The van der Waals surface area contributed by atoms with Crippen LogP contribution in [0.1, 0.15) is 43.5 Å². The maximum Gasteiger partial charge on any atom is 0.331 e. The minimum atomic E-state index is -0.341. The lowest BCUT2D eigenvalue weighted by Gasteiger charge is -2.30. The van der Waals surface area contributed by atoms with Gasteiger partial charge in [-0.15, -0.1) is 12.4 Å². The van der Waals surface area contributed by atoms with Gasteiger partial charge in [0.1, 0.15) is 6.33 Å². The van der Waals surface area contributed by atoms with Gasteiger partial charge in [-0.25, -0.2) is 14.3 Å². The van der Waals surface area contributed by atoms with E-state index < -0.39 is 0 Å². The molecule has 4 heterocycles. The third-order valence-electron chi connectivity index (χ3n) is 6.81. The summed E-state index contributed by atoms with van der Waals surface area (Å²) in [4.78, 5) is 30.1. The molecule has 11 heteroatoms. The summed E-state index contributed by atoms with van der Waals surface area (Å²) >= 11 is 6.51. The van der Waals surface area contributed by atoms with E-state index in [0.29, 0.717) is 11.4 Å². The van der Waals surface area contributed by atoms with Gasteiger partial charge in [0, 0.05) is 54.6 Å². The van der Waals surface area contributed by atoms with Gasteiger partial charge in [0.05, 0.1) is 30.0 Å². The van der Waals surface area contributed by atoms with Crippen LogP contribution in [0.15, 0.2) is 52.6 Å². The van der Waals surface area contributed by atoms with E-state index in [1.165, 1.54) is 17.0 Å². The molecule has 0 saturated carbocycles. The van der Waals surface area contributed by atoms with Crippen LogP contribution in [0.4, 0.5) is 0 Å². The van der Waals surface area contributed by atoms with E-state index >= 15 is 0 Å². The van der Waals surface area contributed by atoms with Gasteiger partial charge < -0.3 is 10.1 Å². The zero-order valence-electron chi connectivity index (χ0n) is 21.8. The second kappa shape index (κ2) is 11.4. The Balaban J connectivity index is 0.00000336. The molecule has 4 aromatic rings. The number of hydrogen-bond acceptors (Lipinski definition) is 6. The van der Waals surface area contributed by atoms with Gasteiger partial charge in [0.15, 0.2) is 0 Å². The molecular weight excluding hydrogens is 527 g/mol. The first-order chi connectivity index (χ1) is 17.7. The normalized spacial score (nSPS) is 17.6. The average Bonchev–Trinajstić information content (AvgIpc) is 3.26. The predicted octanol–water partition coefficient (Wildman–Crippen LogP) is 3.65. The fraction of sp³-hybridized carbons (Fsp3) is 0.407. The van der Waals surface area contributed by atoms with E-state index in [4.69, 9.17) is 16.3 Å². The lowest BCUT2D eigenvalue weighted by molar-refractivity contribution is -0.0262. The fourth-order valence-electron chi connectivity index (χ4n) is 5.01. The van der Waals surface area contributed by atoms with Gasteiger partial charge >= 0.3 is 5.69 Å². The Kier molecular flexibility index (Phi) is 8.42. The van der Waals surface area contributed by atoms with Crippen LogP contribution >= 0.6 is 24.0 Å². The van der Waals surface area contributed by atoms with Crippen molar-refractivity contribution in [3.8, 4) is 11.3 Å². The standard InChI is InChI=1S/C27H31ClN6O3.ClH/c1-16(2)32-6-5-25(35)33(27(32)36)13-19-8-24-26(30-15-31-34(24)14-19)23-9-20(28)7-17(3)22(23)10-21-12-29-11-18(4)37-21;/h5-9,14-16,18,21,29H,10-13H2,1-4H3;1H/t18-,21?;/m0./s1. The van der Waals surface area contributed by atoms with Crippen molar-refractivity contribution >= 4 is 29.5 Å². The number of halogens is 2. The molecule has 1 fully saturated rings. The van der Waals surface area contributed by atoms with Gasteiger partial charge in [-0.1, -0.05) is 11.6 Å². The number of nitrogens with one attached hydrogen (secondary N) is 1. The highest BCUT2D eigenvalue weighted by atomic mass is 35.5. The Labute approximate surface area is 231 Å². The summed E-state index contributed by atoms with van der Waals surface area (Å²) in [7, 11) is 0. The van der Waals surface area contributed by atoms with Crippen LogP contribution in [-0.4, -0.2) is 49.0 Å². The summed E-state index contributed by atoms with van der Waals surface area (Å²) in [6.45, 7) is 9.69. The second-order valence-corrected chi connectivity index (χ2v) is 10.4. The molecule has 1 aromatic carbocycles. The van der Waals surface area contributed by atoms with Crippen molar-refractivity contribution in [2.24, 2.45) is 0 Å².